The fraction of sp³-hybridized carbons (Fsp3) is 0.368. The molecule has 0 saturated carbocycles. The standard InChI is InChI=1S/C19H23NO3/c21-11-10-20-12-18(13-20)16-6-8-17(9-7-16)19(22)23-14-15-4-2-1-3-5-15/h1-9,18-19,21-22H,10-14H2. The van der Waals surface area contributed by atoms with Gasteiger partial charge in [-0.1, -0.05) is 54.6 Å². The monoisotopic (exact) mass is 313 g/mol. The second kappa shape index (κ2) is 7.70. The Bertz CT molecular complexity index is 594. The molecule has 0 spiro atoms. The normalized spacial score (nSPS) is 17.0. The van der Waals surface area contributed by atoms with Crippen LogP contribution in [0.25, 0.3) is 0 Å². The fourth-order valence-corrected chi connectivity index (χ4v) is 2.88. The molecule has 1 aliphatic heterocycles. The highest BCUT2D eigenvalue weighted by molar-refractivity contribution is 5.28. The van der Waals surface area contributed by atoms with Gasteiger partial charge in [-0.3, -0.25) is 4.90 Å². The molecule has 23 heavy (non-hydrogen) atoms. The summed E-state index contributed by atoms with van der Waals surface area (Å²) in [4.78, 5) is 2.23. The molecule has 0 bridgehead atoms. The maximum atomic E-state index is 10.1. The molecule has 0 amide bonds. The summed E-state index contributed by atoms with van der Waals surface area (Å²) >= 11 is 0. The number of ether oxygens (including phenoxy) is 1. The van der Waals surface area contributed by atoms with Crippen LogP contribution < -0.4 is 0 Å². The van der Waals surface area contributed by atoms with Gasteiger partial charge in [0, 0.05) is 31.1 Å². The molecule has 3 rings (SSSR count). The molecular formula is C19H23NO3. The SMILES string of the molecule is OCCN1CC(c2ccc(C(O)OCc3ccccc3)cc2)C1. The van der Waals surface area contributed by atoms with Crippen LogP contribution in [0, 0.1) is 0 Å². The maximum Gasteiger partial charge on any atom is 0.181 e. The predicted molar refractivity (Wildman–Crippen MR) is 88.9 cm³/mol. The van der Waals surface area contributed by atoms with E-state index < -0.39 is 6.29 Å². The Labute approximate surface area is 136 Å². The number of rotatable bonds is 7. The lowest BCUT2D eigenvalue weighted by molar-refractivity contribution is -0.111. The van der Waals surface area contributed by atoms with Crippen molar-refractivity contribution >= 4 is 0 Å². The first-order chi connectivity index (χ1) is 11.3. The van der Waals surface area contributed by atoms with Gasteiger partial charge < -0.3 is 14.9 Å². The van der Waals surface area contributed by atoms with Crippen LogP contribution in [0.1, 0.15) is 28.9 Å². The first-order valence-electron chi connectivity index (χ1n) is 8.03. The molecule has 1 atom stereocenters. The summed E-state index contributed by atoms with van der Waals surface area (Å²) < 4.78 is 5.52. The molecule has 2 N–H and O–H groups in total. The second-order valence-corrected chi connectivity index (χ2v) is 6.00. The third-order valence-electron chi connectivity index (χ3n) is 4.32. The molecule has 0 aromatic heterocycles. The Kier molecular flexibility index (Phi) is 5.41. The first-order valence-corrected chi connectivity index (χ1v) is 8.03. The van der Waals surface area contributed by atoms with Gasteiger partial charge in [-0.2, -0.15) is 0 Å². The highest BCUT2D eigenvalue weighted by atomic mass is 16.6. The molecule has 4 nitrogen and oxygen atoms in total. The van der Waals surface area contributed by atoms with Crippen molar-refractivity contribution in [2.75, 3.05) is 26.2 Å². The van der Waals surface area contributed by atoms with Crippen LogP contribution >= 0.6 is 0 Å². The number of hydrogen-bond acceptors (Lipinski definition) is 4. The molecule has 2 aromatic rings. The van der Waals surface area contributed by atoms with Crippen molar-refractivity contribution in [1.82, 2.24) is 4.90 Å². The van der Waals surface area contributed by atoms with Crippen molar-refractivity contribution in [3.05, 3.63) is 71.3 Å². The summed E-state index contributed by atoms with van der Waals surface area (Å²) in [5.41, 5.74) is 3.09. The zero-order chi connectivity index (χ0) is 16.1. The average molecular weight is 313 g/mol. The molecule has 1 aliphatic rings. The van der Waals surface area contributed by atoms with Crippen LogP contribution in [-0.4, -0.2) is 41.4 Å². The second-order valence-electron chi connectivity index (χ2n) is 6.00. The van der Waals surface area contributed by atoms with Crippen molar-refractivity contribution in [3.8, 4) is 0 Å². The number of nitrogens with zero attached hydrogens (tertiary/aromatic N) is 1. The quantitative estimate of drug-likeness (QED) is 0.770. The lowest BCUT2D eigenvalue weighted by Gasteiger charge is -2.39. The Hall–Kier alpha value is -1.72. The van der Waals surface area contributed by atoms with E-state index in [4.69, 9.17) is 9.84 Å². The number of aliphatic hydroxyl groups is 2. The largest absolute Gasteiger partial charge is 0.395 e. The van der Waals surface area contributed by atoms with Crippen molar-refractivity contribution in [2.24, 2.45) is 0 Å². The van der Waals surface area contributed by atoms with E-state index in [0.717, 1.165) is 30.8 Å². The van der Waals surface area contributed by atoms with Crippen LogP contribution in [0.15, 0.2) is 54.6 Å². The fourth-order valence-electron chi connectivity index (χ4n) is 2.88. The summed E-state index contributed by atoms with van der Waals surface area (Å²) in [6.07, 6.45) is -0.906. The third kappa shape index (κ3) is 4.18. The highest BCUT2D eigenvalue weighted by Gasteiger charge is 2.27. The zero-order valence-corrected chi connectivity index (χ0v) is 13.1. The summed E-state index contributed by atoms with van der Waals surface area (Å²) in [6.45, 7) is 3.35. The molecule has 1 unspecified atom stereocenters. The molecule has 1 fully saturated rings. The number of β-amino-alcohol motifs (C(OH)–C–C–N with tert-alkyl or cyclic N) is 1. The highest BCUT2D eigenvalue weighted by Crippen LogP contribution is 2.28. The topological polar surface area (TPSA) is 52.9 Å². The summed E-state index contributed by atoms with van der Waals surface area (Å²) in [6, 6.07) is 17.8. The molecule has 122 valence electrons. The number of aliphatic hydroxyl groups excluding tert-OH is 2. The lowest BCUT2D eigenvalue weighted by Crippen LogP contribution is -2.46. The van der Waals surface area contributed by atoms with Crippen LogP contribution in [0.5, 0.6) is 0 Å². The van der Waals surface area contributed by atoms with Crippen molar-refractivity contribution in [2.45, 2.75) is 18.8 Å². The third-order valence-corrected chi connectivity index (χ3v) is 4.32. The van der Waals surface area contributed by atoms with Crippen LogP contribution in [-0.2, 0) is 11.3 Å². The number of benzene rings is 2. The van der Waals surface area contributed by atoms with Crippen LogP contribution in [0.3, 0.4) is 0 Å². The van der Waals surface area contributed by atoms with Crippen LogP contribution in [0.2, 0.25) is 0 Å². The van der Waals surface area contributed by atoms with Crippen molar-refractivity contribution < 1.29 is 14.9 Å². The first kappa shape index (κ1) is 16.1. The summed E-state index contributed by atoms with van der Waals surface area (Å²) in [7, 11) is 0. The minimum absolute atomic E-state index is 0.219. The van der Waals surface area contributed by atoms with E-state index in [9.17, 15) is 5.11 Å². The van der Waals surface area contributed by atoms with Crippen molar-refractivity contribution in [1.29, 1.82) is 0 Å². The minimum atomic E-state index is -0.906. The molecule has 1 heterocycles. The smallest absolute Gasteiger partial charge is 0.181 e. The van der Waals surface area contributed by atoms with E-state index in [-0.39, 0.29) is 6.61 Å². The van der Waals surface area contributed by atoms with E-state index in [2.05, 4.69) is 17.0 Å². The summed E-state index contributed by atoms with van der Waals surface area (Å²) in [5, 5.41) is 19.0. The van der Waals surface area contributed by atoms with Gasteiger partial charge in [0.15, 0.2) is 6.29 Å². The molecule has 0 aliphatic carbocycles. The van der Waals surface area contributed by atoms with Gasteiger partial charge in [-0.25, -0.2) is 0 Å². The molecule has 1 saturated heterocycles. The Morgan fingerprint density at radius 1 is 1.04 bits per heavy atom. The number of hydrogen-bond donors (Lipinski definition) is 2. The Morgan fingerprint density at radius 3 is 2.39 bits per heavy atom. The molecule has 0 radical (unpaired) electrons. The zero-order valence-electron chi connectivity index (χ0n) is 13.1. The van der Waals surface area contributed by atoms with Gasteiger partial charge in [0.1, 0.15) is 0 Å². The molecular weight excluding hydrogens is 290 g/mol. The van der Waals surface area contributed by atoms with Gasteiger partial charge >= 0.3 is 0 Å². The minimum Gasteiger partial charge on any atom is -0.395 e. The number of likely N-dealkylation sites (tertiary alicyclic amines) is 1. The van der Waals surface area contributed by atoms with E-state index >= 15 is 0 Å². The van der Waals surface area contributed by atoms with Gasteiger partial charge in [0.05, 0.1) is 13.2 Å². The van der Waals surface area contributed by atoms with E-state index in [1.54, 1.807) is 0 Å². The van der Waals surface area contributed by atoms with E-state index in [1.807, 2.05) is 42.5 Å². The Morgan fingerprint density at radius 2 is 1.74 bits per heavy atom. The van der Waals surface area contributed by atoms with Gasteiger partial charge in [0.25, 0.3) is 0 Å². The average Bonchev–Trinajstić information content (AvgIpc) is 2.57. The van der Waals surface area contributed by atoms with Gasteiger partial charge in [-0.15, -0.1) is 0 Å². The van der Waals surface area contributed by atoms with Gasteiger partial charge in [0.2, 0.25) is 0 Å². The van der Waals surface area contributed by atoms with E-state index in [1.165, 1.54) is 5.56 Å². The van der Waals surface area contributed by atoms with Crippen LogP contribution in [0.4, 0.5) is 0 Å². The molecule has 2 aromatic carbocycles. The van der Waals surface area contributed by atoms with Gasteiger partial charge in [-0.05, 0) is 11.1 Å². The Balaban J connectivity index is 1.51. The molecule has 4 heteroatoms. The summed E-state index contributed by atoms with van der Waals surface area (Å²) in [5.74, 6) is 0.526. The lowest BCUT2D eigenvalue weighted by atomic mass is 9.91. The van der Waals surface area contributed by atoms with E-state index in [0.29, 0.717) is 12.5 Å². The maximum absolute atomic E-state index is 10.1. The predicted octanol–water partition coefficient (Wildman–Crippen LogP) is 2.29. The van der Waals surface area contributed by atoms with Crippen molar-refractivity contribution in [3.63, 3.8) is 0 Å².